The zero-order valence-corrected chi connectivity index (χ0v) is 12.7. The van der Waals surface area contributed by atoms with Crippen LogP contribution in [0, 0.1) is 0 Å². The maximum atomic E-state index is 10.6. The summed E-state index contributed by atoms with van der Waals surface area (Å²) in [5, 5.41) is 15.3. The van der Waals surface area contributed by atoms with E-state index in [-0.39, 0.29) is 23.4 Å². The molecule has 1 aromatic carbocycles. The number of hydrogen-bond donors (Lipinski definition) is 3. The van der Waals surface area contributed by atoms with E-state index >= 15 is 0 Å². The van der Waals surface area contributed by atoms with Crippen LogP contribution in [0.2, 0.25) is 0 Å². The van der Waals surface area contributed by atoms with Gasteiger partial charge >= 0.3 is 5.97 Å². The molecule has 0 fully saturated rings. The molecule has 7 N–H and O–H groups in total. The van der Waals surface area contributed by atoms with E-state index < -0.39 is 5.97 Å². The molecule has 0 aromatic heterocycles. The number of benzene rings is 1. The minimum Gasteiger partial charge on any atom is -0.493 e. The Morgan fingerprint density at radius 3 is 2.55 bits per heavy atom. The Hall–Kier alpha value is -2.03. The molecule has 2 rings (SSSR count). The highest BCUT2D eigenvalue weighted by atomic mass is 16.5. The second-order valence-corrected chi connectivity index (χ2v) is 4.66. The molecule has 1 aliphatic heterocycles. The SMILES string of the molecule is COc1cc2c(cc1OC)C(NCCC(=O)O)CCN2.O.O. The number of anilines is 1. The first-order valence-electron chi connectivity index (χ1n) is 6.60. The molecule has 0 aliphatic carbocycles. The Bertz CT molecular complexity index is 494. The van der Waals surface area contributed by atoms with Crippen LogP contribution in [0.4, 0.5) is 5.69 Å². The van der Waals surface area contributed by atoms with Crippen molar-refractivity contribution in [3.63, 3.8) is 0 Å². The van der Waals surface area contributed by atoms with E-state index in [0.717, 1.165) is 24.2 Å². The summed E-state index contributed by atoms with van der Waals surface area (Å²) in [5.41, 5.74) is 2.08. The summed E-state index contributed by atoms with van der Waals surface area (Å²) in [5.74, 6) is 0.573. The van der Waals surface area contributed by atoms with Gasteiger partial charge in [0.25, 0.3) is 0 Å². The lowest BCUT2D eigenvalue weighted by atomic mass is 9.97. The van der Waals surface area contributed by atoms with Gasteiger partial charge in [0.2, 0.25) is 0 Å². The smallest absolute Gasteiger partial charge is 0.304 e. The maximum absolute atomic E-state index is 10.6. The Balaban J connectivity index is 0.00000220. The van der Waals surface area contributed by atoms with Crippen LogP contribution >= 0.6 is 0 Å². The Morgan fingerprint density at radius 1 is 1.32 bits per heavy atom. The van der Waals surface area contributed by atoms with Gasteiger partial charge in [0.1, 0.15) is 0 Å². The summed E-state index contributed by atoms with van der Waals surface area (Å²) in [6.45, 7) is 1.29. The molecule has 0 spiro atoms. The highest BCUT2D eigenvalue weighted by molar-refractivity contribution is 5.67. The molecule has 0 radical (unpaired) electrons. The number of aliphatic carboxylic acids is 1. The average molecular weight is 316 g/mol. The summed E-state index contributed by atoms with van der Waals surface area (Å²) in [6.07, 6.45) is 1.02. The summed E-state index contributed by atoms with van der Waals surface area (Å²) in [6, 6.07) is 3.99. The van der Waals surface area contributed by atoms with E-state index in [1.54, 1.807) is 14.2 Å². The quantitative estimate of drug-likeness (QED) is 0.672. The molecule has 1 atom stereocenters. The number of rotatable bonds is 6. The van der Waals surface area contributed by atoms with Gasteiger partial charge in [0.05, 0.1) is 20.6 Å². The van der Waals surface area contributed by atoms with E-state index in [0.29, 0.717) is 18.0 Å². The van der Waals surface area contributed by atoms with Crippen molar-refractivity contribution in [1.29, 1.82) is 0 Å². The van der Waals surface area contributed by atoms with Gasteiger partial charge in [-0.2, -0.15) is 0 Å². The molecule has 1 heterocycles. The van der Waals surface area contributed by atoms with Crippen LogP contribution in [0.5, 0.6) is 11.5 Å². The Morgan fingerprint density at radius 2 is 1.95 bits per heavy atom. The van der Waals surface area contributed by atoms with Gasteiger partial charge in [0, 0.05) is 30.9 Å². The lowest BCUT2D eigenvalue weighted by Gasteiger charge is -2.28. The molecule has 0 saturated heterocycles. The van der Waals surface area contributed by atoms with Crippen LogP contribution in [0.25, 0.3) is 0 Å². The van der Waals surface area contributed by atoms with Crippen LogP contribution in [-0.4, -0.2) is 49.3 Å². The molecule has 8 heteroatoms. The van der Waals surface area contributed by atoms with Crippen molar-refractivity contribution >= 4 is 11.7 Å². The van der Waals surface area contributed by atoms with Crippen molar-refractivity contribution in [2.24, 2.45) is 0 Å². The fourth-order valence-corrected chi connectivity index (χ4v) is 2.41. The van der Waals surface area contributed by atoms with E-state index in [1.165, 1.54) is 0 Å². The number of carboxylic acids is 1. The Labute approximate surface area is 129 Å². The van der Waals surface area contributed by atoms with E-state index in [1.807, 2.05) is 12.1 Å². The van der Waals surface area contributed by atoms with Crippen molar-refractivity contribution in [2.75, 3.05) is 32.6 Å². The number of methoxy groups -OCH3 is 2. The average Bonchev–Trinajstić information content (AvgIpc) is 2.45. The van der Waals surface area contributed by atoms with Crippen molar-refractivity contribution in [1.82, 2.24) is 5.32 Å². The monoisotopic (exact) mass is 316 g/mol. The van der Waals surface area contributed by atoms with Gasteiger partial charge in [-0.1, -0.05) is 0 Å². The zero-order valence-electron chi connectivity index (χ0n) is 12.7. The standard InChI is InChI=1S/C14H20N2O4.2H2O/c1-19-12-7-9-10(15-6-4-14(17)18)3-5-16-11(9)8-13(12)20-2;;/h7-8,10,15-16H,3-6H2,1-2H3,(H,17,18);2*1H2. The van der Waals surface area contributed by atoms with Gasteiger partial charge in [0.15, 0.2) is 11.5 Å². The highest BCUT2D eigenvalue weighted by Crippen LogP contribution is 2.39. The van der Waals surface area contributed by atoms with E-state index in [2.05, 4.69) is 10.6 Å². The minimum absolute atomic E-state index is 0. The van der Waals surface area contributed by atoms with Crippen LogP contribution < -0.4 is 20.1 Å². The first kappa shape index (κ1) is 20.0. The van der Waals surface area contributed by atoms with Gasteiger partial charge < -0.3 is 36.2 Å². The third kappa shape index (κ3) is 4.48. The summed E-state index contributed by atoms with van der Waals surface area (Å²) in [4.78, 5) is 10.6. The molecule has 1 aromatic rings. The van der Waals surface area contributed by atoms with Crippen molar-refractivity contribution < 1.29 is 30.3 Å². The number of carbonyl (C=O) groups is 1. The molecule has 126 valence electrons. The normalized spacial score (nSPS) is 15.5. The predicted octanol–water partition coefficient (Wildman–Crippen LogP) is -0.0246. The second kappa shape index (κ2) is 9.08. The topological polar surface area (TPSA) is 143 Å². The highest BCUT2D eigenvalue weighted by Gasteiger charge is 2.22. The molecule has 1 aliphatic rings. The Kier molecular flexibility index (Phi) is 8.24. The van der Waals surface area contributed by atoms with Crippen LogP contribution in [0.1, 0.15) is 24.4 Å². The molecule has 8 nitrogen and oxygen atoms in total. The summed E-state index contributed by atoms with van der Waals surface area (Å²) >= 11 is 0. The third-order valence-corrected chi connectivity index (χ3v) is 3.41. The number of carboxylic acid groups (broad SMARTS) is 1. The molecule has 22 heavy (non-hydrogen) atoms. The lowest BCUT2D eigenvalue weighted by molar-refractivity contribution is -0.136. The number of nitrogens with one attached hydrogen (secondary N) is 2. The van der Waals surface area contributed by atoms with Crippen molar-refractivity contribution in [2.45, 2.75) is 18.9 Å². The zero-order chi connectivity index (χ0) is 14.5. The molecule has 1 unspecified atom stereocenters. The number of fused-ring (bicyclic) bond motifs is 1. The van der Waals surface area contributed by atoms with Crippen LogP contribution in [0.15, 0.2) is 12.1 Å². The largest absolute Gasteiger partial charge is 0.493 e. The fraction of sp³-hybridized carbons (Fsp3) is 0.500. The van der Waals surface area contributed by atoms with Crippen molar-refractivity contribution in [3.05, 3.63) is 17.7 Å². The van der Waals surface area contributed by atoms with E-state index in [4.69, 9.17) is 14.6 Å². The molecular formula is C14H24N2O6. The summed E-state index contributed by atoms with van der Waals surface area (Å²) < 4.78 is 10.6. The van der Waals surface area contributed by atoms with Gasteiger partial charge in [-0.25, -0.2) is 0 Å². The second-order valence-electron chi connectivity index (χ2n) is 4.66. The third-order valence-electron chi connectivity index (χ3n) is 3.41. The molecule has 0 bridgehead atoms. The number of hydrogen-bond acceptors (Lipinski definition) is 5. The minimum atomic E-state index is -0.793. The van der Waals surface area contributed by atoms with Crippen LogP contribution in [0.3, 0.4) is 0 Å². The van der Waals surface area contributed by atoms with Crippen molar-refractivity contribution in [3.8, 4) is 11.5 Å². The molecule has 0 amide bonds. The van der Waals surface area contributed by atoms with Gasteiger partial charge in [-0.15, -0.1) is 0 Å². The molecule has 0 saturated carbocycles. The first-order valence-corrected chi connectivity index (χ1v) is 6.60. The molecular weight excluding hydrogens is 292 g/mol. The lowest BCUT2D eigenvalue weighted by Crippen LogP contribution is -2.29. The van der Waals surface area contributed by atoms with Gasteiger partial charge in [-0.3, -0.25) is 4.79 Å². The predicted molar refractivity (Wildman–Crippen MR) is 82.9 cm³/mol. The maximum Gasteiger partial charge on any atom is 0.304 e. The van der Waals surface area contributed by atoms with Crippen LogP contribution in [-0.2, 0) is 4.79 Å². The fourth-order valence-electron chi connectivity index (χ4n) is 2.41. The number of ether oxygens (including phenoxy) is 2. The first-order chi connectivity index (χ1) is 9.65. The van der Waals surface area contributed by atoms with E-state index in [9.17, 15) is 4.79 Å². The summed E-state index contributed by atoms with van der Waals surface area (Å²) in [7, 11) is 3.21. The van der Waals surface area contributed by atoms with Gasteiger partial charge in [-0.05, 0) is 18.1 Å².